The van der Waals surface area contributed by atoms with E-state index in [0.29, 0.717) is 11.3 Å². The topological polar surface area (TPSA) is 78.1 Å². The average molecular weight is 437 g/mol. The molecular weight excluding hydrogens is 410 g/mol. The summed E-state index contributed by atoms with van der Waals surface area (Å²) in [5.41, 5.74) is 1.56. The van der Waals surface area contributed by atoms with Crippen LogP contribution in [0.4, 0.5) is 8.78 Å². The minimum Gasteiger partial charge on any atom is -0.353 e. The van der Waals surface area contributed by atoms with Gasteiger partial charge in [0.15, 0.2) is 5.16 Å². The molecule has 0 radical (unpaired) electrons. The summed E-state index contributed by atoms with van der Waals surface area (Å²) in [6.07, 6.45) is 2.17. The predicted octanol–water partition coefficient (Wildman–Crippen LogP) is 3.11. The van der Waals surface area contributed by atoms with Gasteiger partial charge in [-0.1, -0.05) is 30.3 Å². The van der Waals surface area contributed by atoms with E-state index >= 15 is 0 Å². The number of hydrogen-bond acceptors (Lipinski definition) is 5. The number of aromatic nitrogens is 2. The Balaban J connectivity index is 1.44. The molecule has 0 spiro atoms. The number of rotatable bonds is 8. The van der Waals surface area contributed by atoms with E-state index in [0.717, 1.165) is 32.5 Å². The Morgan fingerprint density at radius 1 is 1.30 bits per heavy atom. The van der Waals surface area contributed by atoms with Gasteiger partial charge in [-0.05, 0) is 43.5 Å². The Labute approximate surface area is 178 Å². The number of piperidine rings is 1. The van der Waals surface area contributed by atoms with Gasteiger partial charge in [0.1, 0.15) is 0 Å². The molecule has 3 rings (SSSR count). The van der Waals surface area contributed by atoms with E-state index in [1.165, 1.54) is 5.56 Å². The first-order chi connectivity index (χ1) is 14.4. The van der Waals surface area contributed by atoms with Crippen molar-refractivity contribution in [3.05, 3.63) is 57.5 Å². The van der Waals surface area contributed by atoms with Gasteiger partial charge in [0, 0.05) is 43.4 Å². The smallest absolute Gasteiger partial charge is 0.291 e. The molecule has 6 nitrogen and oxygen atoms in total. The summed E-state index contributed by atoms with van der Waals surface area (Å²) in [4.78, 5) is 33.2. The number of carbonyl (C=O) groups is 1. The fraction of sp³-hybridized carbons (Fsp3) is 0.476. The van der Waals surface area contributed by atoms with E-state index in [9.17, 15) is 18.4 Å². The molecule has 1 aliphatic heterocycles. The number of hydrogen-bond donors (Lipinski definition) is 2. The highest BCUT2D eigenvalue weighted by atomic mass is 32.2. The van der Waals surface area contributed by atoms with Gasteiger partial charge >= 0.3 is 0 Å². The van der Waals surface area contributed by atoms with Crippen LogP contribution in [0.1, 0.15) is 36.1 Å². The van der Waals surface area contributed by atoms with Crippen LogP contribution in [0.15, 0.2) is 40.3 Å². The second kappa shape index (κ2) is 10.7. The summed E-state index contributed by atoms with van der Waals surface area (Å²) in [5, 5.41) is 2.94. The second-order valence-corrected chi connectivity index (χ2v) is 8.40. The minimum absolute atomic E-state index is 0.108. The molecule has 9 heteroatoms. The minimum atomic E-state index is -2.65. The lowest BCUT2D eigenvalue weighted by Crippen LogP contribution is -2.44. The first-order valence-electron chi connectivity index (χ1n) is 10.0. The van der Waals surface area contributed by atoms with Crippen molar-refractivity contribution >= 4 is 17.7 Å². The first-order valence-corrected chi connectivity index (χ1v) is 10.9. The molecule has 0 aliphatic carbocycles. The van der Waals surface area contributed by atoms with E-state index in [2.05, 4.69) is 32.3 Å². The highest BCUT2D eigenvalue weighted by Gasteiger charge is 2.21. The van der Waals surface area contributed by atoms with Crippen LogP contribution >= 0.6 is 11.8 Å². The van der Waals surface area contributed by atoms with Gasteiger partial charge < -0.3 is 10.3 Å². The molecular formula is C21H26F2N4O2S. The lowest BCUT2D eigenvalue weighted by Gasteiger charge is -2.32. The molecule has 1 aliphatic rings. The number of amides is 1. The molecule has 0 unspecified atom stereocenters. The van der Waals surface area contributed by atoms with E-state index in [-0.39, 0.29) is 41.7 Å². The van der Waals surface area contributed by atoms with Crippen molar-refractivity contribution in [2.45, 2.75) is 56.1 Å². The Hall–Kier alpha value is -2.26. The number of benzene rings is 1. The normalized spacial score (nSPS) is 15.5. The molecule has 1 fully saturated rings. The summed E-state index contributed by atoms with van der Waals surface area (Å²) < 4.78 is 24.9. The molecule has 0 saturated carbocycles. The lowest BCUT2D eigenvalue weighted by atomic mass is 10.0. The zero-order chi connectivity index (χ0) is 21.5. The standard InChI is InChI=1S/C21H26F2N4O2S/c1-14-17(19(29)26-21(24-14)30-20(22)23)7-8-18(28)25-16-9-11-27(12-10-16)13-15-5-3-2-4-6-15/h2-6,16,20H,7-13H2,1H3,(H,25,28)(H,24,26,29). The Morgan fingerprint density at radius 2 is 2.00 bits per heavy atom. The Morgan fingerprint density at radius 3 is 2.63 bits per heavy atom. The largest absolute Gasteiger partial charge is 0.353 e. The zero-order valence-corrected chi connectivity index (χ0v) is 17.7. The summed E-state index contributed by atoms with van der Waals surface area (Å²) >= 11 is 0.200. The number of nitrogens with one attached hydrogen (secondary N) is 2. The number of nitrogens with zero attached hydrogens (tertiary/aromatic N) is 2. The highest BCUT2D eigenvalue weighted by molar-refractivity contribution is 7.99. The van der Waals surface area contributed by atoms with Crippen LogP contribution in [0.2, 0.25) is 0 Å². The van der Waals surface area contributed by atoms with Crippen LogP contribution in [0.3, 0.4) is 0 Å². The van der Waals surface area contributed by atoms with Gasteiger partial charge in [0.2, 0.25) is 5.91 Å². The number of likely N-dealkylation sites (tertiary alicyclic amines) is 1. The van der Waals surface area contributed by atoms with E-state index in [1.54, 1.807) is 6.92 Å². The van der Waals surface area contributed by atoms with E-state index < -0.39 is 11.3 Å². The summed E-state index contributed by atoms with van der Waals surface area (Å²) in [7, 11) is 0. The fourth-order valence-corrected chi connectivity index (χ4v) is 4.14. The van der Waals surface area contributed by atoms with Crippen LogP contribution < -0.4 is 10.9 Å². The van der Waals surface area contributed by atoms with Crippen molar-refractivity contribution in [2.75, 3.05) is 13.1 Å². The van der Waals surface area contributed by atoms with Crippen molar-refractivity contribution in [1.82, 2.24) is 20.2 Å². The van der Waals surface area contributed by atoms with Gasteiger partial charge in [-0.3, -0.25) is 14.5 Å². The maximum Gasteiger partial charge on any atom is 0.291 e. The third-order valence-corrected chi connectivity index (χ3v) is 5.80. The third-order valence-electron chi connectivity index (χ3n) is 5.21. The molecule has 162 valence electrons. The van der Waals surface area contributed by atoms with Gasteiger partial charge in [0.05, 0.1) is 0 Å². The summed E-state index contributed by atoms with van der Waals surface area (Å²) in [6, 6.07) is 10.4. The number of H-pyrrole nitrogens is 1. The van der Waals surface area contributed by atoms with Crippen molar-refractivity contribution < 1.29 is 13.6 Å². The molecule has 2 N–H and O–H groups in total. The van der Waals surface area contributed by atoms with Crippen LogP contribution in [0.25, 0.3) is 0 Å². The van der Waals surface area contributed by atoms with Gasteiger partial charge in [-0.15, -0.1) is 0 Å². The van der Waals surface area contributed by atoms with Crippen molar-refractivity contribution in [1.29, 1.82) is 0 Å². The Kier molecular flexibility index (Phi) is 7.98. The van der Waals surface area contributed by atoms with Crippen molar-refractivity contribution in [3.63, 3.8) is 0 Å². The molecule has 30 heavy (non-hydrogen) atoms. The third kappa shape index (κ3) is 6.63. The Bertz CT molecular complexity index is 900. The number of alkyl halides is 2. The van der Waals surface area contributed by atoms with Crippen LogP contribution in [0.5, 0.6) is 0 Å². The maximum absolute atomic E-state index is 12.4. The van der Waals surface area contributed by atoms with Crippen LogP contribution in [-0.2, 0) is 17.8 Å². The number of aromatic amines is 1. The van der Waals surface area contributed by atoms with Crippen LogP contribution in [0, 0.1) is 6.92 Å². The molecule has 2 aromatic rings. The molecule has 0 atom stereocenters. The second-order valence-electron chi connectivity index (χ2n) is 7.42. The van der Waals surface area contributed by atoms with Gasteiger partial charge in [-0.25, -0.2) is 4.98 Å². The molecule has 1 saturated heterocycles. The lowest BCUT2D eigenvalue weighted by molar-refractivity contribution is -0.122. The predicted molar refractivity (Wildman–Crippen MR) is 113 cm³/mol. The zero-order valence-electron chi connectivity index (χ0n) is 16.9. The van der Waals surface area contributed by atoms with E-state index in [4.69, 9.17) is 0 Å². The summed E-state index contributed by atoms with van der Waals surface area (Å²) in [6.45, 7) is 4.36. The molecule has 0 bridgehead atoms. The number of halogens is 2. The number of aryl methyl sites for hydroxylation is 1. The van der Waals surface area contributed by atoms with Crippen LogP contribution in [-0.4, -0.2) is 45.7 Å². The first kappa shape index (κ1) is 22.4. The monoisotopic (exact) mass is 436 g/mol. The maximum atomic E-state index is 12.4. The van der Waals surface area contributed by atoms with Crippen molar-refractivity contribution in [3.8, 4) is 0 Å². The quantitative estimate of drug-likeness (QED) is 0.491. The number of thioether (sulfide) groups is 1. The molecule has 2 heterocycles. The SMILES string of the molecule is Cc1nc(SC(F)F)[nH]c(=O)c1CCC(=O)NC1CCN(Cc2ccccc2)CC1. The average Bonchev–Trinajstić information content (AvgIpc) is 2.69. The highest BCUT2D eigenvalue weighted by Crippen LogP contribution is 2.21. The fourth-order valence-electron chi connectivity index (χ4n) is 3.63. The van der Waals surface area contributed by atoms with Gasteiger partial charge in [-0.2, -0.15) is 8.78 Å². The molecule has 1 aromatic carbocycles. The van der Waals surface area contributed by atoms with Gasteiger partial charge in [0.25, 0.3) is 11.3 Å². The summed E-state index contributed by atoms with van der Waals surface area (Å²) in [5.74, 6) is -2.76. The number of carbonyl (C=O) groups excluding carboxylic acids is 1. The van der Waals surface area contributed by atoms with E-state index in [1.807, 2.05) is 18.2 Å². The molecule has 1 aromatic heterocycles. The van der Waals surface area contributed by atoms with Crippen molar-refractivity contribution in [2.24, 2.45) is 0 Å². The molecule has 1 amide bonds.